The second kappa shape index (κ2) is 20.5. The third-order valence-electron chi connectivity index (χ3n) is 18.0. The molecule has 394 valence electrons. The molecule has 0 N–H and O–H groups in total. The summed E-state index contributed by atoms with van der Waals surface area (Å²) >= 11 is 0. The standard InChI is InChI=1S/C59H92O9Si3/c1-44-40-58(64-50(52(65-58)51(44)66-69(12,13)53(2,3)4)43-61-71(55(8,9)10,48-29-21-17-22-30-48)49-31-23-18-24-32-49)41-47-28-25-35-57(62-47)37-38-59(67-57)56(11,68-70(14,15)54(5,6)7)36-33-46(63-59)34-39-60-42-45-26-19-16-20-27-45/h16-24,26-27,29-32,44,46-47,50-52H,25,28,33-43H2,1-15H3/t44-,46+,47-,50+,51-,52+,56-,57-,58+,59-/m1/s1. The van der Waals surface area contributed by atoms with E-state index in [0.29, 0.717) is 39.1 Å². The minimum absolute atomic E-state index is 0.0132. The first kappa shape index (κ1) is 55.2. The molecule has 0 amide bonds. The quantitative estimate of drug-likeness (QED) is 0.103. The fourth-order valence-electron chi connectivity index (χ4n) is 12.1. The van der Waals surface area contributed by atoms with Crippen molar-refractivity contribution >= 4 is 35.3 Å². The molecule has 2 spiro atoms. The molecule has 0 aliphatic carbocycles. The molecule has 5 fully saturated rings. The van der Waals surface area contributed by atoms with Crippen molar-refractivity contribution < 1.29 is 41.7 Å². The zero-order valence-corrected chi connectivity index (χ0v) is 49.5. The van der Waals surface area contributed by atoms with Gasteiger partial charge >= 0.3 is 0 Å². The lowest BCUT2D eigenvalue weighted by Crippen LogP contribution is -2.67. The lowest BCUT2D eigenvalue weighted by atomic mass is 9.83. The normalized spacial score (nSPS) is 33.0. The van der Waals surface area contributed by atoms with Crippen LogP contribution >= 0.6 is 0 Å². The van der Waals surface area contributed by atoms with Crippen LogP contribution in [0.4, 0.5) is 0 Å². The van der Waals surface area contributed by atoms with Crippen molar-refractivity contribution in [3.05, 3.63) is 96.6 Å². The van der Waals surface area contributed by atoms with Gasteiger partial charge in [0.25, 0.3) is 8.32 Å². The molecule has 5 aliphatic rings. The monoisotopic (exact) mass is 1030 g/mol. The molecule has 5 heterocycles. The fourth-order valence-corrected chi connectivity index (χ4v) is 19.7. The van der Waals surface area contributed by atoms with E-state index in [9.17, 15) is 0 Å². The van der Waals surface area contributed by atoms with Crippen LogP contribution in [-0.2, 0) is 48.3 Å². The van der Waals surface area contributed by atoms with Gasteiger partial charge < -0.3 is 41.7 Å². The predicted octanol–water partition coefficient (Wildman–Crippen LogP) is 13.2. The minimum Gasteiger partial charge on any atom is -0.411 e. The highest BCUT2D eigenvalue weighted by Gasteiger charge is 2.67. The van der Waals surface area contributed by atoms with E-state index in [1.807, 2.05) is 6.07 Å². The summed E-state index contributed by atoms with van der Waals surface area (Å²) in [5.74, 6) is -2.42. The fraction of sp³-hybridized carbons (Fsp3) is 0.695. The topological polar surface area (TPSA) is 83.1 Å². The van der Waals surface area contributed by atoms with Crippen molar-refractivity contribution in [2.75, 3.05) is 13.2 Å². The molecular formula is C59H92O9Si3. The first-order valence-electron chi connectivity index (χ1n) is 27.3. The van der Waals surface area contributed by atoms with Gasteiger partial charge in [0.15, 0.2) is 34.0 Å². The van der Waals surface area contributed by atoms with Gasteiger partial charge in [-0.1, -0.05) is 160 Å². The molecule has 5 aliphatic heterocycles. The third kappa shape index (κ3) is 11.3. The summed E-state index contributed by atoms with van der Waals surface area (Å²) in [5.41, 5.74) is 0.537. The van der Waals surface area contributed by atoms with Gasteiger partial charge in [-0.15, -0.1) is 0 Å². The minimum atomic E-state index is -2.89. The van der Waals surface area contributed by atoms with Gasteiger partial charge in [-0.05, 0) is 102 Å². The summed E-state index contributed by atoms with van der Waals surface area (Å²) in [7, 11) is -7.35. The van der Waals surface area contributed by atoms with Crippen molar-refractivity contribution in [1.29, 1.82) is 0 Å². The van der Waals surface area contributed by atoms with E-state index in [0.717, 1.165) is 44.9 Å². The number of benzene rings is 3. The smallest absolute Gasteiger partial charge is 0.261 e. The van der Waals surface area contributed by atoms with Crippen LogP contribution < -0.4 is 10.4 Å². The van der Waals surface area contributed by atoms with Gasteiger partial charge in [-0.2, -0.15) is 0 Å². The summed E-state index contributed by atoms with van der Waals surface area (Å²) in [5, 5.41) is 2.38. The molecule has 10 atom stereocenters. The van der Waals surface area contributed by atoms with Gasteiger partial charge in [-0.3, -0.25) is 0 Å². The van der Waals surface area contributed by atoms with Crippen LogP contribution in [0.2, 0.25) is 41.3 Å². The van der Waals surface area contributed by atoms with E-state index in [1.54, 1.807) is 0 Å². The zero-order valence-electron chi connectivity index (χ0n) is 46.5. The van der Waals surface area contributed by atoms with Crippen LogP contribution in [0.25, 0.3) is 0 Å². The molecule has 5 saturated heterocycles. The van der Waals surface area contributed by atoms with Crippen LogP contribution in [-0.4, -0.2) is 91.6 Å². The molecule has 0 saturated carbocycles. The SMILES string of the molecule is C[C@@H]1C[C@@]2(C[C@H]3CCC[C@@]4(CC[C@@]5(O[C@H](CCOCc6ccccc6)CC[C@@]5(C)O[Si](C)(C)C(C)(C)C)O4)O3)O[C@H]([C@@H]1O[Si](C)(C)C(C)(C)C)[C@H](CO[Si](c1ccccc1)(c1ccccc1)C(C)(C)C)O2. The van der Waals surface area contributed by atoms with Crippen molar-refractivity contribution in [3.63, 3.8) is 0 Å². The number of fused-ring (bicyclic) bond motifs is 2. The maximum Gasteiger partial charge on any atom is 0.261 e. The molecule has 71 heavy (non-hydrogen) atoms. The first-order valence-corrected chi connectivity index (χ1v) is 35.0. The third-order valence-corrected chi connectivity index (χ3v) is 32.0. The van der Waals surface area contributed by atoms with Crippen LogP contribution in [0, 0.1) is 5.92 Å². The Labute approximate surface area is 432 Å². The number of hydrogen-bond acceptors (Lipinski definition) is 9. The Bertz CT molecular complexity index is 2170. The van der Waals surface area contributed by atoms with Gasteiger partial charge in [0.05, 0.1) is 31.5 Å². The molecule has 12 heteroatoms. The zero-order chi connectivity index (χ0) is 51.4. The van der Waals surface area contributed by atoms with Crippen molar-refractivity contribution in [2.24, 2.45) is 5.92 Å². The Kier molecular flexibility index (Phi) is 15.9. The average Bonchev–Trinajstić information content (AvgIpc) is 3.79. The van der Waals surface area contributed by atoms with Crippen LogP contribution in [0.1, 0.15) is 146 Å². The summed E-state index contributed by atoms with van der Waals surface area (Å²) < 4.78 is 65.9. The van der Waals surface area contributed by atoms with Crippen molar-refractivity contribution in [3.8, 4) is 0 Å². The molecule has 2 bridgehead atoms. The highest BCUT2D eigenvalue weighted by atomic mass is 28.4. The van der Waals surface area contributed by atoms with Gasteiger partial charge in [0, 0.05) is 38.7 Å². The van der Waals surface area contributed by atoms with E-state index < -0.39 is 47.9 Å². The summed E-state index contributed by atoms with van der Waals surface area (Å²) in [6.45, 7) is 36.5. The molecule has 0 radical (unpaired) electrons. The largest absolute Gasteiger partial charge is 0.411 e. The Morgan fingerprint density at radius 1 is 0.648 bits per heavy atom. The molecule has 3 aromatic rings. The van der Waals surface area contributed by atoms with Crippen LogP contribution in [0.5, 0.6) is 0 Å². The Balaban J connectivity index is 1.05. The second-order valence-corrected chi connectivity index (χ2v) is 40.2. The maximum atomic E-state index is 7.66. The summed E-state index contributed by atoms with van der Waals surface area (Å²) in [6.07, 6.45) is 7.06. The highest BCUT2D eigenvalue weighted by molar-refractivity contribution is 6.99. The van der Waals surface area contributed by atoms with Crippen LogP contribution in [0.15, 0.2) is 91.0 Å². The van der Waals surface area contributed by atoms with Gasteiger partial charge in [0.2, 0.25) is 0 Å². The number of rotatable bonds is 16. The first-order chi connectivity index (χ1) is 33.2. The lowest BCUT2D eigenvalue weighted by molar-refractivity contribution is -0.401. The number of ether oxygens (including phenoxy) is 6. The second-order valence-electron chi connectivity index (χ2n) is 26.4. The van der Waals surface area contributed by atoms with Crippen LogP contribution in [0.3, 0.4) is 0 Å². The molecular weight excluding hydrogens is 937 g/mol. The predicted molar refractivity (Wildman–Crippen MR) is 293 cm³/mol. The van der Waals surface area contributed by atoms with Crippen molar-refractivity contribution in [1.82, 2.24) is 0 Å². The molecule has 0 unspecified atom stereocenters. The Morgan fingerprint density at radius 2 is 1.25 bits per heavy atom. The molecule has 8 rings (SSSR count). The molecule has 3 aromatic carbocycles. The molecule has 9 nitrogen and oxygen atoms in total. The van der Waals surface area contributed by atoms with E-state index in [2.05, 4.69) is 187 Å². The van der Waals surface area contributed by atoms with E-state index in [1.165, 1.54) is 15.9 Å². The molecule has 0 aromatic heterocycles. The summed E-state index contributed by atoms with van der Waals surface area (Å²) in [4.78, 5) is 0. The van der Waals surface area contributed by atoms with Gasteiger partial charge in [-0.25, -0.2) is 0 Å². The van der Waals surface area contributed by atoms with E-state index >= 15 is 0 Å². The van der Waals surface area contributed by atoms with E-state index in [4.69, 9.17) is 41.7 Å². The van der Waals surface area contributed by atoms with Gasteiger partial charge in [0.1, 0.15) is 17.8 Å². The van der Waals surface area contributed by atoms with E-state index in [-0.39, 0.29) is 51.6 Å². The van der Waals surface area contributed by atoms with Crippen molar-refractivity contribution in [2.45, 2.75) is 242 Å². The summed E-state index contributed by atoms with van der Waals surface area (Å²) in [6, 6.07) is 32.2. The maximum absolute atomic E-state index is 7.66. The Hall–Kier alpha value is -2.05. The Morgan fingerprint density at radius 3 is 1.85 bits per heavy atom. The lowest BCUT2D eigenvalue weighted by Gasteiger charge is -2.56. The highest BCUT2D eigenvalue weighted by Crippen LogP contribution is 2.58. The average molecular weight is 1030 g/mol. The number of hydrogen-bond donors (Lipinski definition) is 0.